The minimum Gasteiger partial charge on any atom is -0.333 e. The number of carbonyl (C=O) groups is 1. The van der Waals surface area contributed by atoms with Crippen molar-refractivity contribution >= 4 is 33.1 Å². The number of amides is 2. The van der Waals surface area contributed by atoms with Crippen molar-refractivity contribution in [1.82, 2.24) is 9.79 Å². The van der Waals surface area contributed by atoms with Crippen molar-refractivity contribution in [3.8, 4) is 0 Å². The highest BCUT2D eigenvalue weighted by molar-refractivity contribution is 7.89. The van der Waals surface area contributed by atoms with Crippen molar-refractivity contribution in [2.75, 3.05) is 19.5 Å². The Labute approximate surface area is 145 Å². The van der Waals surface area contributed by atoms with Gasteiger partial charge in [-0.25, -0.2) is 13.2 Å². The lowest BCUT2D eigenvalue weighted by Gasteiger charge is -2.14. The van der Waals surface area contributed by atoms with E-state index in [1.807, 2.05) is 18.4 Å². The lowest BCUT2D eigenvalue weighted by molar-refractivity contribution is -0.0258. The van der Waals surface area contributed by atoms with E-state index in [-0.39, 0.29) is 10.9 Å². The normalized spacial score (nSPS) is 11.5. The quantitative estimate of drug-likeness (QED) is 0.766. The van der Waals surface area contributed by atoms with Gasteiger partial charge < -0.3 is 10.6 Å². The second kappa shape index (κ2) is 7.75. The van der Waals surface area contributed by atoms with E-state index < -0.39 is 10.0 Å². The lowest BCUT2D eigenvalue weighted by atomic mass is 10.3. The summed E-state index contributed by atoms with van der Waals surface area (Å²) in [5.74, 6) is 0. The number of hydrogen-bond acceptors (Lipinski definition) is 5. The first-order chi connectivity index (χ1) is 11.3. The molecule has 0 saturated carbocycles. The first-order valence-electron chi connectivity index (χ1n) is 7.05. The molecule has 0 bridgehead atoms. The molecule has 7 nitrogen and oxygen atoms in total. The maximum atomic E-state index is 12.1. The number of anilines is 1. The molecule has 0 unspecified atom stereocenters. The van der Waals surface area contributed by atoms with Crippen LogP contribution in [-0.2, 0) is 21.4 Å². The molecule has 2 N–H and O–H groups in total. The number of carbonyl (C=O) groups excluding carboxylic acids is 1. The Bertz CT molecular complexity index is 800. The van der Waals surface area contributed by atoms with Crippen molar-refractivity contribution in [2.24, 2.45) is 0 Å². The van der Waals surface area contributed by atoms with Gasteiger partial charge in [-0.15, -0.1) is 11.3 Å². The van der Waals surface area contributed by atoms with E-state index in [0.29, 0.717) is 12.2 Å². The Balaban J connectivity index is 1.96. The summed E-state index contributed by atoms with van der Waals surface area (Å²) in [6, 6.07) is 7.50. The van der Waals surface area contributed by atoms with Crippen LogP contribution in [0, 0.1) is 6.92 Å². The molecule has 0 saturated heterocycles. The summed E-state index contributed by atoms with van der Waals surface area (Å²) in [5.41, 5.74) is 1.63. The molecule has 0 fully saturated rings. The highest BCUT2D eigenvalue weighted by atomic mass is 32.2. The summed E-state index contributed by atoms with van der Waals surface area (Å²) >= 11 is 1.58. The standard InChI is InChI=1S/C15H19N3O4S2/c1-11-8-9-23-14(11)10-16-15(19)17-12-4-6-13(7-5-12)24(20,21)18(2)22-3/h4-9H,10H2,1-3H3,(H2,16,17,19). The van der Waals surface area contributed by atoms with Crippen LogP contribution in [0.2, 0.25) is 0 Å². The van der Waals surface area contributed by atoms with Crippen molar-refractivity contribution < 1.29 is 18.0 Å². The maximum absolute atomic E-state index is 12.1. The van der Waals surface area contributed by atoms with Gasteiger partial charge in [0.1, 0.15) is 0 Å². The van der Waals surface area contributed by atoms with Crippen molar-refractivity contribution in [1.29, 1.82) is 0 Å². The summed E-state index contributed by atoms with van der Waals surface area (Å²) in [4.78, 5) is 17.8. The van der Waals surface area contributed by atoms with Gasteiger partial charge in [-0.1, -0.05) is 4.47 Å². The number of nitrogens with zero attached hydrogens (tertiary/aromatic N) is 1. The molecule has 0 aliphatic carbocycles. The van der Waals surface area contributed by atoms with Gasteiger partial charge in [0.05, 0.1) is 18.6 Å². The first-order valence-corrected chi connectivity index (χ1v) is 9.37. The summed E-state index contributed by atoms with van der Waals surface area (Å²) in [7, 11) is -1.12. The number of rotatable bonds is 6. The number of urea groups is 1. The molecule has 24 heavy (non-hydrogen) atoms. The zero-order valence-electron chi connectivity index (χ0n) is 13.6. The fourth-order valence-electron chi connectivity index (χ4n) is 1.88. The summed E-state index contributed by atoms with van der Waals surface area (Å²) in [6.07, 6.45) is 0. The largest absolute Gasteiger partial charge is 0.333 e. The molecule has 0 spiro atoms. The summed E-state index contributed by atoms with van der Waals surface area (Å²) in [6.45, 7) is 2.43. The first kappa shape index (κ1) is 18.4. The van der Waals surface area contributed by atoms with Crippen LogP contribution in [0.15, 0.2) is 40.6 Å². The predicted octanol–water partition coefficient (Wildman–Crippen LogP) is 2.56. The Kier molecular flexibility index (Phi) is 5.94. The molecule has 0 aliphatic heterocycles. The van der Waals surface area contributed by atoms with Crippen LogP contribution in [0.25, 0.3) is 0 Å². The number of aryl methyl sites for hydroxylation is 1. The van der Waals surface area contributed by atoms with Gasteiger partial charge in [0.25, 0.3) is 10.0 Å². The van der Waals surface area contributed by atoms with Crippen molar-refractivity contribution in [3.63, 3.8) is 0 Å². The number of sulfonamides is 1. The smallest absolute Gasteiger partial charge is 0.319 e. The highest BCUT2D eigenvalue weighted by Gasteiger charge is 2.20. The fraction of sp³-hybridized carbons (Fsp3) is 0.267. The molecule has 1 aromatic carbocycles. The molecule has 0 atom stereocenters. The number of benzene rings is 1. The average molecular weight is 369 g/mol. The van der Waals surface area contributed by atoms with Crippen LogP contribution in [0.5, 0.6) is 0 Å². The molecular formula is C15H19N3O4S2. The van der Waals surface area contributed by atoms with Crippen LogP contribution in [0.4, 0.5) is 10.5 Å². The topological polar surface area (TPSA) is 87.7 Å². The molecular weight excluding hydrogens is 350 g/mol. The minimum absolute atomic E-state index is 0.0759. The Morgan fingerprint density at radius 3 is 2.46 bits per heavy atom. The second-order valence-electron chi connectivity index (χ2n) is 4.96. The predicted molar refractivity (Wildman–Crippen MR) is 93.3 cm³/mol. The molecule has 2 rings (SSSR count). The van der Waals surface area contributed by atoms with Crippen molar-refractivity contribution in [3.05, 3.63) is 46.2 Å². The number of hydroxylamine groups is 1. The van der Waals surface area contributed by atoms with E-state index in [9.17, 15) is 13.2 Å². The second-order valence-corrected chi connectivity index (χ2v) is 7.89. The Morgan fingerprint density at radius 2 is 1.92 bits per heavy atom. The molecule has 1 heterocycles. The summed E-state index contributed by atoms with van der Waals surface area (Å²) in [5, 5.41) is 7.39. The minimum atomic E-state index is -3.69. The van der Waals surface area contributed by atoms with Crippen LogP contribution in [0.3, 0.4) is 0 Å². The van der Waals surface area contributed by atoms with E-state index >= 15 is 0 Å². The van der Waals surface area contributed by atoms with Gasteiger partial charge in [0.2, 0.25) is 0 Å². The molecule has 2 amide bonds. The molecule has 9 heteroatoms. The van der Waals surface area contributed by atoms with E-state index in [2.05, 4.69) is 10.6 Å². The van der Waals surface area contributed by atoms with Gasteiger partial charge >= 0.3 is 6.03 Å². The van der Waals surface area contributed by atoms with Gasteiger partial charge in [-0.2, -0.15) is 0 Å². The zero-order chi connectivity index (χ0) is 17.7. The maximum Gasteiger partial charge on any atom is 0.319 e. The third kappa shape index (κ3) is 4.32. The molecule has 1 aromatic heterocycles. The van der Waals surface area contributed by atoms with Gasteiger partial charge in [-0.05, 0) is 48.2 Å². The molecule has 130 valence electrons. The fourth-order valence-corrected chi connectivity index (χ4v) is 3.70. The van der Waals surface area contributed by atoms with Crippen LogP contribution < -0.4 is 10.6 Å². The van der Waals surface area contributed by atoms with Gasteiger partial charge in [-0.3, -0.25) is 4.84 Å². The SMILES string of the molecule is CON(C)S(=O)(=O)c1ccc(NC(=O)NCc2sccc2C)cc1. The Morgan fingerprint density at radius 1 is 1.25 bits per heavy atom. The number of nitrogens with one attached hydrogen (secondary N) is 2. The van der Waals surface area contributed by atoms with E-state index in [1.165, 1.54) is 38.4 Å². The Hall–Kier alpha value is -1.94. The van der Waals surface area contributed by atoms with Crippen LogP contribution >= 0.6 is 11.3 Å². The van der Waals surface area contributed by atoms with E-state index in [0.717, 1.165) is 14.9 Å². The van der Waals surface area contributed by atoms with Crippen molar-refractivity contribution in [2.45, 2.75) is 18.4 Å². The monoisotopic (exact) mass is 369 g/mol. The molecule has 0 radical (unpaired) electrons. The lowest BCUT2D eigenvalue weighted by Crippen LogP contribution is -2.28. The number of hydrogen-bond donors (Lipinski definition) is 2. The third-order valence-electron chi connectivity index (χ3n) is 3.38. The third-order valence-corrected chi connectivity index (χ3v) is 6.10. The van der Waals surface area contributed by atoms with Crippen LogP contribution in [0.1, 0.15) is 10.4 Å². The summed E-state index contributed by atoms with van der Waals surface area (Å²) < 4.78 is 24.9. The van der Waals surface area contributed by atoms with E-state index in [4.69, 9.17) is 4.84 Å². The van der Waals surface area contributed by atoms with Gasteiger partial charge in [0, 0.05) is 17.6 Å². The number of thiophene rings is 1. The average Bonchev–Trinajstić information content (AvgIpc) is 2.97. The van der Waals surface area contributed by atoms with Gasteiger partial charge in [0.15, 0.2) is 0 Å². The van der Waals surface area contributed by atoms with Crippen LogP contribution in [-0.4, -0.2) is 33.1 Å². The molecule has 2 aromatic rings. The molecule has 0 aliphatic rings. The van der Waals surface area contributed by atoms with E-state index in [1.54, 1.807) is 11.3 Å². The zero-order valence-corrected chi connectivity index (χ0v) is 15.2. The highest BCUT2D eigenvalue weighted by Crippen LogP contribution is 2.18.